The van der Waals surface area contributed by atoms with Crippen LogP contribution in [0.4, 0.5) is 11.4 Å². The van der Waals surface area contributed by atoms with E-state index in [-0.39, 0.29) is 22.7 Å². The third kappa shape index (κ3) is 3.95. The van der Waals surface area contributed by atoms with Crippen LogP contribution in [0, 0.1) is 10.1 Å². The number of esters is 1. The van der Waals surface area contributed by atoms with E-state index >= 15 is 0 Å². The molecule has 1 heterocycles. The van der Waals surface area contributed by atoms with Crippen molar-refractivity contribution in [3.8, 4) is 0 Å². The Labute approximate surface area is 160 Å². The summed E-state index contributed by atoms with van der Waals surface area (Å²) in [6.07, 6.45) is 0.782. The molecule has 2 aromatic rings. The molecule has 7 nitrogen and oxygen atoms in total. The third-order valence-corrected chi connectivity index (χ3v) is 5.52. The predicted octanol–water partition coefficient (Wildman–Crippen LogP) is 3.91. The number of nitro benzene ring substituents is 1. The summed E-state index contributed by atoms with van der Waals surface area (Å²) >= 11 is 1.69. The second-order valence-corrected chi connectivity index (χ2v) is 7.64. The second-order valence-electron chi connectivity index (χ2n) is 6.16. The molecule has 0 aromatic heterocycles. The van der Waals surface area contributed by atoms with Crippen LogP contribution in [-0.4, -0.2) is 35.7 Å². The highest BCUT2D eigenvalue weighted by Crippen LogP contribution is 2.38. The van der Waals surface area contributed by atoms with Crippen molar-refractivity contribution in [3.05, 3.63) is 63.7 Å². The molecular formula is C19H18N2O5S. The van der Waals surface area contributed by atoms with Crippen LogP contribution in [0.5, 0.6) is 0 Å². The van der Waals surface area contributed by atoms with Crippen LogP contribution in [0.2, 0.25) is 0 Å². The van der Waals surface area contributed by atoms with Crippen molar-refractivity contribution in [3.63, 3.8) is 0 Å². The van der Waals surface area contributed by atoms with Crippen molar-refractivity contribution in [1.29, 1.82) is 0 Å². The second kappa shape index (κ2) is 7.79. The van der Waals surface area contributed by atoms with Crippen LogP contribution in [-0.2, 0) is 4.74 Å². The Morgan fingerprint density at radius 1 is 1.22 bits per heavy atom. The Kier molecular flexibility index (Phi) is 5.46. The maximum absolute atomic E-state index is 13.2. The number of carbonyl (C=O) groups is 2. The molecule has 0 saturated heterocycles. The van der Waals surface area contributed by atoms with Crippen LogP contribution in [0.15, 0.2) is 47.4 Å². The number of anilines is 1. The smallest absolute Gasteiger partial charge is 0.338 e. The topological polar surface area (TPSA) is 89.8 Å². The number of non-ortho nitro benzene ring substituents is 1. The summed E-state index contributed by atoms with van der Waals surface area (Å²) in [6.45, 7) is 2.58. The van der Waals surface area contributed by atoms with Gasteiger partial charge in [0.2, 0.25) is 0 Å². The van der Waals surface area contributed by atoms with Gasteiger partial charge in [-0.1, -0.05) is 19.1 Å². The first-order chi connectivity index (χ1) is 12.9. The molecule has 1 aliphatic heterocycles. The highest BCUT2D eigenvalue weighted by atomic mass is 32.2. The van der Waals surface area contributed by atoms with Crippen molar-refractivity contribution >= 4 is 35.0 Å². The molecule has 0 N–H and O–H groups in total. The van der Waals surface area contributed by atoms with Crippen LogP contribution in [0.1, 0.15) is 34.1 Å². The Morgan fingerprint density at radius 2 is 1.93 bits per heavy atom. The zero-order valence-electron chi connectivity index (χ0n) is 14.9. The van der Waals surface area contributed by atoms with Crippen molar-refractivity contribution in [2.45, 2.75) is 23.5 Å². The summed E-state index contributed by atoms with van der Waals surface area (Å²) in [5.74, 6) is -1.11. The van der Waals surface area contributed by atoms with Gasteiger partial charge in [-0.15, -0.1) is 11.8 Å². The standard InChI is InChI=1S/C19H18N2O5S/c1-12-7-8-20(16-5-3-4-6-17(16)27-12)18(22)13-9-14(19(23)26-2)11-15(10-13)21(24)25/h3-6,9-12H,7-8H2,1-2H3/t12-/m0/s1. The number of ether oxygens (including phenoxy) is 1. The number of rotatable bonds is 3. The lowest BCUT2D eigenvalue weighted by molar-refractivity contribution is -0.384. The third-order valence-electron chi connectivity index (χ3n) is 4.29. The van der Waals surface area contributed by atoms with Crippen LogP contribution < -0.4 is 4.90 Å². The fraction of sp³-hybridized carbons (Fsp3) is 0.263. The minimum Gasteiger partial charge on any atom is -0.465 e. The van der Waals surface area contributed by atoms with Crippen LogP contribution in [0.3, 0.4) is 0 Å². The lowest BCUT2D eigenvalue weighted by atomic mass is 10.1. The zero-order chi connectivity index (χ0) is 19.6. The number of carbonyl (C=O) groups excluding carboxylic acids is 2. The molecule has 0 saturated carbocycles. The number of nitro groups is 1. The molecule has 0 unspecified atom stereocenters. The molecule has 0 fully saturated rings. The van der Waals surface area contributed by atoms with E-state index in [1.54, 1.807) is 16.7 Å². The first-order valence-corrected chi connectivity index (χ1v) is 9.24. The fourth-order valence-corrected chi connectivity index (χ4v) is 4.04. The van der Waals surface area contributed by atoms with Gasteiger partial charge in [0.05, 0.1) is 23.3 Å². The number of para-hydroxylation sites is 1. The highest BCUT2D eigenvalue weighted by molar-refractivity contribution is 8.00. The van der Waals surface area contributed by atoms with E-state index < -0.39 is 10.9 Å². The first-order valence-electron chi connectivity index (χ1n) is 8.36. The lowest BCUT2D eigenvalue weighted by Crippen LogP contribution is -2.32. The average Bonchev–Trinajstić information content (AvgIpc) is 2.84. The van der Waals surface area contributed by atoms with E-state index in [1.807, 2.05) is 24.3 Å². The summed E-state index contributed by atoms with van der Waals surface area (Å²) in [5, 5.41) is 11.6. The number of thioether (sulfide) groups is 1. The van der Waals surface area contributed by atoms with Gasteiger partial charge in [0, 0.05) is 34.4 Å². The van der Waals surface area contributed by atoms with Gasteiger partial charge in [-0.25, -0.2) is 4.79 Å². The molecule has 1 amide bonds. The molecule has 8 heteroatoms. The fourth-order valence-electron chi connectivity index (χ4n) is 2.93. The molecule has 1 aliphatic rings. The van der Waals surface area contributed by atoms with Gasteiger partial charge in [-0.05, 0) is 24.6 Å². The molecule has 1 atom stereocenters. The van der Waals surface area contributed by atoms with Crippen molar-refractivity contribution in [1.82, 2.24) is 0 Å². The summed E-state index contributed by atoms with van der Waals surface area (Å²) in [5.41, 5.74) is 0.495. The number of fused-ring (bicyclic) bond motifs is 1. The molecular weight excluding hydrogens is 368 g/mol. The summed E-state index contributed by atoms with van der Waals surface area (Å²) in [4.78, 5) is 38.3. The number of benzene rings is 2. The summed E-state index contributed by atoms with van der Waals surface area (Å²) in [7, 11) is 1.19. The first kappa shape index (κ1) is 18.9. The van der Waals surface area contributed by atoms with E-state index in [9.17, 15) is 19.7 Å². The number of hydrogen-bond acceptors (Lipinski definition) is 6. The number of methoxy groups -OCH3 is 1. The van der Waals surface area contributed by atoms with E-state index in [0.717, 1.165) is 23.1 Å². The minimum absolute atomic E-state index is 0.0269. The number of amides is 1. The lowest BCUT2D eigenvalue weighted by Gasteiger charge is -2.22. The maximum Gasteiger partial charge on any atom is 0.338 e. The zero-order valence-corrected chi connectivity index (χ0v) is 15.7. The quantitative estimate of drug-likeness (QED) is 0.451. The summed E-state index contributed by atoms with van der Waals surface area (Å²) in [6, 6.07) is 11.2. The Hall–Kier alpha value is -2.87. The predicted molar refractivity (Wildman–Crippen MR) is 102 cm³/mol. The molecule has 0 spiro atoms. The van der Waals surface area contributed by atoms with Crippen molar-refractivity contribution < 1.29 is 19.2 Å². The van der Waals surface area contributed by atoms with Gasteiger partial charge in [-0.2, -0.15) is 0 Å². The van der Waals surface area contributed by atoms with E-state index in [4.69, 9.17) is 0 Å². The van der Waals surface area contributed by atoms with E-state index in [1.165, 1.54) is 19.2 Å². The SMILES string of the molecule is COC(=O)c1cc(C(=O)N2CC[C@H](C)Sc3ccccc32)cc([N+](=O)[O-])c1. The van der Waals surface area contributed by atoms with Crippen molar-refractivity contribution in [2.75, 3.05) is 18.6 Å². The van der Waals surface area contributed by atoms with Crippen LogP contribution in [0.25, 0.3) is 0 Å². The van der Waals surface area contributed by atoms with Crippen LogP contribution >= 0.6 is 11.8 Å². The Balaban J connectivity index is 2.06. The largest absolute Gasteiger partial charge is 0.465 e. The summed E-state index contributed by atoms with van der Waals surface area (Å²) < 4.78 is 4.65. The highest BCUT2D eigenvalue weighted by Gasteiger charge is 2.27. The average molecular weight is 386 g/mol. The van der Waals surface area contributed by atoms with Gasteiger partial charge >= 0.3 is 5.97 Å². The van der Waals surface area contributed by atoms with Gasteiger partial charge in [-0.3, -0.25) is 14.9 Å². The molecule has 0 radical (unpaired) electrons. The maximum atomic E-state index is 13.2. The van der Waals surface area contributed by atoms with Gasteiger partial charge in [0.15, 0.2) is 0 Å². The van der Waals surface area contributed by atoms with Crippen molar-refractivity contribution in [2.24, 2.45) is 0 Å². The monoisotopic (exact) mass is 386 g/mol. The molecule has 0 bridgehead atoms. The molecule has 140 valence electrons. The Morgan fingerprint density at radius 3 is 2.63 bits per heavy atom. The molecule has 0 aliphatic carbocycles. The number of nitrogens with zero attached hydrogens (tertiary/aromatic N) is 2. The van der Waals surface area contributed by atoms with Gasteiger partial charge in [0.1, 0.15) is 0 Å². The molecule has 3 rings (SSSR count). The van der Waals surface area contributed by atoms with Gasteiger partial charge in [0.25, 0.3) is 11.6 Å². The van der Waals surface area contributed by atoms with E-state index in [2.05, 4.69) is 11.7 Å². The molecule has 2 aromatic carbocycles. The number of hydrogen-bond donors (Lipinski definition) is 0. The minimum atomic E-state index is -0.729. The molecule has 27 heavy (non-hydrogen) atoms. The Bertz CT molecular complexity index is 915. The normalized spacial score (nSPS) is 16.2. The van der Waals surface area contributed by atoms with E-state index in [0.29, 0.717) is 11.8 Å². The van der Waals surface area contributed by atoms with Gasteiger partial charge < -0.3 is 9.64 Å².